The zero-order chi connectivity index (χ0) is 9.14. The molecule has 12 heavy (non-hydrogen) atoms. The van der Waals surface area contributed by atoms with E-state index in [4.69, 9.17) is 10.0 Å². The first kappa shape index (κ1) is 9.77. The Hall–Kier alpha value is -0.315. The van der Waals surface area contributed by atoms with Gasteiger partial charge in [0.1, 0.15) is 0 Å². The van der Waals surface area contributed by atoms with Crippen LogP contribution in [0.15, 0.2) is 12.1 Å². The summed E-state index contributed by atoms with van der Waals surface area (Å²) < 4.78 is 0.630. The van der Waals surface area contributed by atoms with Crippen LogP contribution in [0.4, 0.5) is 0 Å². The van der Waals surface area contributed by atoms with Crippen molar-refractivity contribution in [1.29, 1.82) is 0 Å². The number of hydrogen-bond donors (Lipinski definition) is 2. The molecule has 0 amide bonds. The maximum Gasteiger partial charge on any atom is 0.499 e. The van der Waals surface area contributed by atoms with Gasteiger partial charge in [0.05, 0.1) is 0 Å². The summed E-state index contributed by atoms with van der Waals surface area (Å²) in [5.41, 5.74) is 0. The average Bonchev–Trinajstić information content (AvgIpc) is 2.51. The van der Waals surface area contributed by atoms with Crippen molar-refractivity contribution < 1.29 is 10.0 Å². The monoisotopic (exact) mass is 184 g/mol. The number of thiophene rings is 1. The number of hydrogen-bond acceptors (Lipinski definition) is 3. The standard InChI is InChI=1S/C8H13BO2S/c1-3-6(2)7-4-5-8(12-7)9(10)11/h4-6,10-11H,3H2,1-2H3. The van der Waals surface area contributed by atoms with E-state index in [1.54, 1.807) is 6.07 Å². The van der Waals surface area contributed by atoms with Gasteiger partial charge in [-0.1, -0.05) is 19.9 Å². The highest BCUT2D eigenvalue weighted by atomic mass is 32.1. The summed E-state index contributed by atoms with van der Waals surface area (Å²) in [5, 5.41) is 17.7. The lowest BCUT2D eigenvalue weighted by Crippen LogP contribution is -2.26. The first-order valence-corrected chi connectivity index (χ1v) is 4.92. The van der Waals surface area contributed by atoms with Gasteiger partial charge in [-0.15, -0.1) is 11.3 Å². The van der Waals surface area contributed by atoms with Crippen LogP contribution in [0.2, 0.25) is 0 Å². The van der Waals surface area contributed by atoms with Crippen molar-refractivity contribution in [3.63, 3.8) is 0 Å². The van der Waals surface area contributed by atoms with Gasteiger partial charge < -0.3 is 10.0 Å². The van der Waals surface area contributed by atoms with E-state index in [2.05, 4.69) is 13.8 Å². The molecule has 1 aromatic heterocycles. The van der Waals surface area contributed by atoms with Crippen molar-refractivity contribution in [1.82, 2.24) is 0 Å². The van der Waals surface area contributed by atoms with Gasteiger partial charge in [0.25, 0.3) is 0 Å². The first-order chi connectivity index (χ1) is 5.65. The minimum atomic E-state index is -1.31. The largest absolute Gasteiger partial charge is 0.499 e. The lowest BCUT2D eigenvalue weighted by Gasteiger charge is -2.03. The molecule has 0 saturated carbocycles. The molecule has 0 aliphatic carbocycles. The average molecular weight is 184 g/mol. The van der Waals surface area contributed by atoms with Gasteiger partial charge in [-0.25, -0.2) is 0 Å². The summed E-state index contributed by atoms with van der Waals surface area (Å²) in [4.78, 5) is 1.22. The molecule has 0 saturated heterocycles. The zero-order valence-electron chi connectivity index (χ0n) is 7.32. The van der Waals surface area contributed by atoms with Crippen molar-refractivity contribution >= 4 is 23.2 Å². The molecule has 0 aliphatic rings. The van der Waals surface area contributed by atoms with Gasteiger partial charge in [0, 0.05) is 9.65 Å². The van der Waals surface area contributed by atoms with E-state index >= 15 is 0 Å². The van der Waals surface area contributed by atoms with Gasteiger partial charge in [-0.05, 0) is 18.4 Å². The predicted octanol–water partition coefficient (Wildman–Crippen LogP) is 0.941. The molecule has 2 N–H and O–H groups in total. The van der Waals surface area contributed by atoms with E-state index in [0.29, 0.717) is 10.7 Å². The summed E-state index contributed by atoms with van der Waals surface area (Å²) in [6.07, 6.45) is 1.08. The molecule has 0 aromatic carbocycles. The van der Waals surface area contributed by atoms with Crippen LogP contribution in [-0.4, -0.2) is 17.2 Å². The highest BCUT2D eigenvalue weighted by Crippen LogP contribution is 2.21. The van der Waals surface area contributed by atoms with Crippen molar-refractivity contribution in [2.75, 3.05) is 0 Å². The molecule has 1 rings (SSSR count). The SMILES string of the molecule is CCC(C)c1ccc(B(O)O)s1. The zero-order valence-corrected chi connectivity index (χ0v) is 8.14. The Labute approximate surface area is 77.0 Å². The molecule has 2 nitrogen and oxygen atoms in total. The summed E-state index contributed by atoms with van der Waals surface area (Å²) in [5.74, 6) is 0.516. The Kier molecular flexibility index (Phi) is 3.32. The van der Waals surface area contributed by atoms with Crippen LogP contribution in [-0.2, 0) is 0 Å². The van der Waals surface area contributed by atoms with E-state index < -0.39 is 7.12 Å². The second kappa shape index (κ2) is 4.07. The summed E-state index contributed by atoms with van der Waals surface area (Å²) >= 11 is 1.47. The summed E-state index contributed by atoms with van der Waals surface area (Å²) in [7, 11) is -1.31. The van der Waals surface area contributed by atoms with Crippen LogP contribution in [0.1, 0.15) is 31.1 Å². The normalized spacial score (nSPS) is 13.0. The Morgan fingerprint density at radius 2 is 2.17 bits per heavy atom. The van der Waals surface area contributed by atoms with Gasteiger partial charge in [-0.2, -0.15) is 0 Å². The lowest BCUT2D eigenvalue weighted by atomic mass is 9.90. The molecular formula is C8H13BO2S. The predicted molar refractivity (Wildman–Crippen MR) is 52.9 cm³/mol. The lowest BCUT2D eigenvalue weighted by molar-refractivity contribution is 0.427. The van der Waals surface area contributed by atoms with E-state index in [1.165, 1.54) is 16.2 Å². The van der Waals surface area contributed by atoms with Crippen LogP contribution < -0.4 is 4.78 Å². The van der Waals surface area contributed by atoms with E-state index in [-0.39, 0.29) is 0 Å². The Balaban J connectivity index is 2.77. The van der Waals surface area contributed by atoms with Gasteiger partial charge in [0.15, 0.2) is 0 Å². The van der Waals surface area contributed by atoms with Crippen LogP contribution in [0.5, 0.6) is 0 Å². The molecule has 1 unspecified atom stereocenters. The Morgan fingerprint density at radius 1 is 1.50 bits per heavy atom. The fourth-order valence-corrected chi connectivity index (χ4v) is 1.99. The Morgan fingerprint density at radius 3 is 2.58 bits per heavy atom. The third-order valence-corrected chi connectivity index (χ3v) is 3.36. The van der Waals surface area contributed by atoms with E-state index in [0.717, 1.165) is 6.42 Å². The number of rotatable bonds is 3. The minimum absolute atomic E-state index is 0.516. The van der Waals surface area contributed by atoms with Crippen LogP contribution in [0, 0.1) is 0 Å². The molecule has 0 aliphatic heterocycles. The molecule has 1 heterocycles. The van der Waals surface area contributed by atoms with Crippen LogP contribution in [0.3, 0.4) is 0 Å². The van der Waals surface area contributed by atoms with E-state index in [9.17, 15) is 0 Å². The molecule has 1 aromatic rings. The van der Waals surface area contributed by atoms with Gasteiger partial charge in [-0.3, -0.25) is 0 Å². The second-order valence-corrected chi connectivity index (χ2v) is 4.07. The first-order valence-electron chi connectivity index (χ1n) is 4.11. The molecule has 0 bridgehead atoms. The van der Waals surface area contributed by atoms with Crippen LogP contribution in [0.25, 0.3) is 0 Å². The van der Waals surface area contributed by atoms with Gasteiger partial charge >= 0.3 is 7.12 Å². The smallest absolute Gasteiger partial charge is 0.423 e. The fraction of sp³-hybridized carbons (Fsp3) is 0.500. The third kappa shape index (κ3) is 2.09. The van der Waals surface area contributed by atoms with Crippen molar-refractivity contribution in [2.45, 2.75) is 26.2 Å². The molecular weight excluding hydrogens is 171 g/mol. The maximum absolute atomic E-state index is 8.86. The molecule has 0 fully saturated rings. The maximum atomic E-state index is 8.86. The van der Waals surface area contributed by atoms with E-state index in [1.807, 2.05) is 6.07 Å². The molecule has 1 atom stereocenters. The second-order valence-electron chi connectivity index (χ2n) is 2.92. The quantitative estimate of drug-likeness (QED) is 0.686. The Bertz CT molecular complexity index is 247. The topological polar surface area (TPSA) is 40.5 Å². The van der Waals surface area contributed by atoms with Crippen molar-refractivity contribution in [2.24, 2.45) is 0 Å². The van der Waals surface area contributed by atoms with Crippen LogP contribution >= 0.6 is 11.3 Å². The fourth-order valence-electron chi connectivity index (χ4n) is 0.973. The molecule has 4 heteroatoms. The highest BCUT2D eigenvalue weighted by molar-refractivity contribution is 7.22. The minimum Gasteiger partial charge on any atom is -0.423 e. The summed E-state index contributed by atoms with van der Waals surface area (Å²) in [6, 6.07) is 3.74. The van der Waals surface area contributed by atoms with Gasteiger partial charge in [0.2, 0.25) is 0 Å². The molecule has 0 spiro atoms. The summed E-state index contributed by atoms with van der Waals surface area (Å²) in [6.45, 7) is 4.26. The van der Waals surface area contributed by atoms with Crippen molar-refractivity contribution in [3.8, 4) is 0 Å². The van der Waals surface area contributed by atoms with Crippen molar-refractivity contribution in [3.05, 3.63) is 17.0 Å². The molecule has 0 radical (unpaired) electrons. The molecule has 66 valence electrons. The third-order valence-electron chi connectivity index (χ3n) is 2.00. The highest BCUT2D eigenvalue weighted by Gasteiger charge is 2.15.